The van der Waals surface area contributed by atoms with E-state index in [1.807, 2.05) is 50.2 Å². The van der Waals surface area contributed by atoms with Crippen molar-refractivity contribution >= 4 is 29.8 Å². The predicted octanol–water partition coefficient (Wildman–Crippen LogP) is 0.841. The van der Waals surface area contributed by atoms with E-state index in [9.17, 15) is 29.4 Å². The lowest BCUT2D eigenvalue weighted by Crippen LogP contribution is -2.59. The highest BCUT2D eigenvalue weighted by Gasteiger charge is 2.33. The lowest BCUT2D eigenvalue weighted by atomic mass is 9.96. The van der Waals surface area contributed by atoms with Crippen molar-refractivity contribution in [2.24, 2.45) is 22.4 Å². The fourth-order valence-corrected chi connectivity index (χ4v) is 4.83. The second kappa shape index (κ2) is 21.2. The molecule has 0 unspecified atom stereocenters. The highest BCUT2D eigenvalue weighted by Crippen LogP contribution is 2.13. The second-order valence-electron chi connectivity index (χ2n) is 12.0. The molecule has 0 radical (unpaired) electrons. The Bertz CT molecular complexity index is 1310. The highest BCUT2D eigenvalue weighted by atomic mass is 16.5. The third kappa shape index (κ3) is 15.7. The molecule has 264 valence electrons. The zero-order valence-corrected chi connectivity index (χ0v) is 27.9. The van der Waals surface area contributed by atoms with Crippen molar-refractivity contribution in [2.45, 2.75) is 89.8 Å². The number of aliphatic imine (C=N–C) groups is 1. The molecular formula is C34H51N7O7. The number of carbonyl (C=O) groups excluding carboxylic acids is 4. The van der Waals surface area contributed by atoms with E-state index >= 15 is 0 Å². The number of hydrogen-bond donors (Lipinski definition) is 8. The first kappa shape index (κ1) is 39.5. The minimum absolute atomic E-state index is 0.0294. The topological polar surface area (TPSA) is 230 Å². The monoisotopic (exact) mass is 669 g/mol. The van der Waals surface area contributed by atoms with Crippen LogP contribution in [-0.4, -0.2) is 83.4 Å². The number of aliphatic hydroxyl groups excluding tert-OH is 2. The number of ether oxygens (including phenoxy) is 1. The van der Waals surface area contributed by atoms with Crippen LogP contribution in [0.2, 0.25) is 0 Å². The quantitative estimate of drug-likeness (QED) is 0.0566. The number of guanidine groups is 1. The Balaban J connectivity index is 2.05. The van der Waals surface area contributed by atoms with Crippen molar-refractivity contribution < 1.29 is 34.1 Å². The Labute approximate surface area is 282 Å². The average Bonchev–Trinajstić information content (AvgIpc) is 3.04. The maximum absolute atomic E-state index is 13.4. The lowest BCUT2D eigenvalue weighted by Gasteiger charge is -2.29. The summed E-state index contributed by atoms with van der Waals surface area (Å²) < 4.78 is 5.26. The van der Waals surface area contributed by atoms with Gasteiger partial charge < -0.3 is 47.7 Å². The van der Waals surface area contributed by atoms with Crippen LogP contribution in [0.15, 0.2) is 65.7 Å². The summed E-state index contributed by atoms with van der Waals surface area (Å²) >= 11 is 0. The Morgan fingerprint density at radius 2 is 1.48 bits per heavy atom. The van der Waals surface area contributed by atoms with Crippen LogP contribution in [-0.2, 0) is 32.1 Å². The first-order chi connectivity index (χ1) is 22.8. The molecule has 0 aliphatic carbocycles. The Hall–Kier alpha value is -4.69. The molecule has 4 amide bonds. The number of aliphatic hydroxyl groups is 2. The van der Waals surface area contributed by atoms with E-state index < -0.39 is 48.2 Å². The normalized spacial score (nSPS) is 14.0. The maximum atomic E-state index is 13.4. The van der Waals surface area contributed by atoms with Crippen LogP contribution >= 0.6 is 0 Å². The van der Waals surface area contributed by atoms with Gasteiger partial charge in [-0.25, -0.2) is 4.79 Å². The Morgan fingerprint density at radius 1 is 0.854 bits per heavy atom. The van der Waals surface area contributed by atoms with Crippen LogP contribution in [0.25, 0.3) is 0 Å². The molecule has 2 aromatic carbocycles. The van der Waals surface area contributed by atoms with Gasteiger partial charge in [-0.2, -0.15) is 0 Å². The van der Waals surface area contributed by atoms with Gasteiger partial charge in [0.25, 0.3) is 0 Å². The molecule has 14 nitrogen and oxygen atoms in total. The molecule has 0 heterocycles. The minimum atomic E-state index is -1.44. The van der Waals surface area contributed by atoms with Gasteiger partial charge in [-0.05, 0) is 49.7 Å². The van der Waals surface area contributed by atoms with Gasteiger partial charge in [0, 0.05) is 13.1 Å². The van der Waals surface area contributed by atoms with E-state index in [4.69, 9.17) is 16.2 Å². The molecule has 0 spiro atoms. The number of nitrogens with one attached hydrogen (secondary N) is 4. The molecule has 2 rings (SSSR count). The summed E-state index contributed by atoms with van der Waals surface area (Å²) in [7, 11) is 0. The van der Waals surface area contributed by atoms with Crippen LogP contribution < -0.4 is 32.7 Å². The van der Waals surface area contributed by atoms with Crippen LogP contribution in [0.1, 0.15) is 57.6 Å². The molecule has 0 saturated heterocycles. The van der Waals surface area contributed by atoms with Crippen molar-refractivity contribution in [1.82, 2.24) is 21.3 Å². The third-order valence-corrected chi connectivity index (χ3v) is 7.32. The molecule has 2 aromatic rings. The number of hydrogen-bond acceptors (Lipinski definition) is 8. The number of rotatable bonds is 20. The van der Waals surface area contributed by atoms with Crippen molar-refractivity contribution in [3.63, 3.8) is 0 Å². The number of alkyl carbamates (subject to hydrolysis) is 1. The summed E-state index contributed by atoms with van der Waals surface area (Å²) in [4.78, 5) is 55.9. The summed E-state index contributed by atoms with van der Waals surface area (Å²) in [5, 5.41) is 32.0. The van der Waals surface area contributed by atoms with E-state index in [0.29, 0.717) is 25.8 Å². The van der Waals surface area contributed by atoms with E-state index in [1.165, 1.54) is 6.92 Å². The number of nitrogens with two attached hydrogens (primary N) is 2. The lowest BCUT2D eigenvalue weighted by molar-refractivity contribution is -0.134. The summed E-state index contributed by atoms with van der Waals surface area (Å²) in [6.45, 7) is 5.66. The molecule has 0 aliphatic rings. The van der Waals surface area contributed by atoms with Gasteiger partial charge in [0.05, 0.1) is 24.7 Å². The summed E-state index contributed by atoms with van der Waals surface area (Å²) in [6.07, 6.45) is -2.36. The maximum Gasteiger partial charge on any atom is 0.408 e. The van der Waals surface area contributed by atoms with Crippen molar-refractivity contribution in [3.8, 4) is 0 Å². The summed E-state index contributed by atoms with van der Waals surface area (Å²) in [5.41, 5.74) is 12.6. The van der Waals surface area contributed by atoms with E-state index in [0.717, 1.165) is 11.1 Å². The number of amides is 4. The zero-order valence-electron chi connectivity index (χ0n) is 27.9. The summed E-state index contributed by atoms with van der Waals surface area (Å²) in [6, 6.07) is 15.2. The van der Waals surface area contributed by atoms with Crippen molar-refractivity contribution in [1.29, 1.82) is 0 Å². The first-order valence-corrected chi connectivity index (χ1v) is 16.2. The molecular weight excluding hydrogens is 618 g/mol. The Morgan fingerprint density at radius 3 is 2.06 bits per heavy atom. The van der Waals surface area contributed by atoms with Crippen LogP contribution in [0.4, 0.5) is 4.79 Å². The fourth-order valence-electron chi connectivity index (χ4n) is 4.83. The predicted molar refractivity (Wildman–Crippen MR) is 182 cm³/mol. The first-order valence-electron chi connectivity index (χ1n) is 16.2. The smallest absolute Gasteiger partial charge is 0.408 e. The SMILES string of the molecule is CC(C)C[C@H](NC(=O)[C@@H](NC(=O)[C@H](CCCN=C(N)N)NC(=O)OCc1ccccc1)[C@@H](C)O)[C@@H](O)CC(=O)NCCc1ccccc1. The minimum Gasteiger partial charge on any atom is -0.445 e. The molecule has 0 bridgehead atoms. The van der Waals surface area contributed by atoms with Gasteiger partial charge >= 0.3 is 6.09 Å². The van der Waals surface area contributed by atoms with Gasteiger partial charge in [0.1, 0.15) is 18.7 Å². The molecule has 5 atom stereocenters. The zero-order chi connectivity index (χ0) is 35.5. The Kier molecular flexibility index (Phi) is 17.5. The van der Waals surface area contributed by atoms with Gasteiger partial charge in [-0.15, -0.1) is 0 Å². The standard InChI is InChI=1S/C34H51N7O7/c1-22(2)19-27(28(43)20-29(44)37-18-16-24-11-6-4-7-12-24)39-32(46)30(23(3)42)41-31(45)26(15-10-17-38-33(35)36)40-34(47)48-21-25-13-8-5-9-14-25/h4-9,11-14,22-23,26-28,30,42-43H,10,15-21H2,1-3H3,(H,37,44)(H,39,46)(H,40,47)(H,41,45)(H4,35,36,38)/t23-,26+,27+,28+,30+/m1/s1. The third-order valence-electron chi connectivity index (χ3n) is 7.32. The largest absolute Gasteiger partial charge is 0.445 e. The van der Waals surface area contributed by atoms with Crippen LogP contribution in [0.3, 0.4) is 0 Å². The van der Waals surface area contributed by atoms with Crippen molar-refractivity contribution in [2.75, 3.05) is 13.1 Å². The molecule has 0 fully saturated rings. The molecule has 14 heteroatoms. The van der Waals surface area contributed by atoms with Gasteiger partial charge in [-0.1, -0.05) is 74.5 Å². The summed E-state index contributed by atoms with van der Waals surface area (Å²) in [5.74, 6) is -1.99. The van der Waals surface area contributed by atoms with E-state index in [1.54, 1.807) is 24.3 Å². The molecule has 0 saturated carbocycles. The van der Waals surface area contributed by atoms with Crippen molar-refractivity contribution in [3.05, 3.63) is 71.8 Å². The average molecular weight is 670 g/mol. The van der Waals surface area contributed by atoms with E-state index in [2.05, 4.69) is 26.3 Å². The van der Waals surface area contributed by atoms with Crippen LogP contribution in [0.5, 0.6) is 0 Å². The molecule has 0 aromatic heterocycles. The van der Waals surface area contributed by atoms with Gasteiger partial charge in [0.2, 0.25) is 17.7 Å². The van der Waals surface area contributed by atoms with Crippen LogP contribution in [0, 0.1) is 5.92 Å². The van der Waals surface area contributed by atoms with Gasteiger partial charge in [0.15, 0.2) is 5.96 Å². The number of benzene rings is 2. The number of nitrogens with zero attached hydrogens (tertiary/aromatic N) is 1. The fraction of sp³-hybridized carbons (Fsp3) is 0.500. The molecule has 0 aliphatic heterocycles. The highest BCUT2D eigenvalue weighted by molar-refractivity contribution is 5.91. The molecule has 48 heavy (non-hydrogen) atoms. The number of carbonyl (C=O) groups is 4. The second-order valence-corrected chi connectivity index (χ2v) is 12.0. The van der Waals surface area contributed by atoms with Gasteiger partial charge in [-0.3, -0.25) is 19.4 Å². The van der Waals surface area contributed by atoms with E-state index in [-0.39, 0.29) is 43.8 Å². The molecule has 10 N–H and O–H groups in total.